The first-order chi connectivity index (χ1) is 8.16. The van der Waals surface area contributed by atoms with Crippen molar-refractivity contribution in [2.75, 3.05) is 40.3 Å². The van der Waals surface area contributed by atoms with Crippen molar-refractivity contribution in [1.82, 2.24) is 15.1 Å². The number of rotatable bonds is 4. The molecule has 4 heteroatoms. The summed E-state index contributed by atoms with van der Waals surface area (Å²) < 4.78 is 0. The van der Waals surface area contributed by atoms with Gasteiger partial charge in [-0.2, -0.15) is 0 Å². The Kier molecular flexibility index (Phi) is 4.40. The summed E-state index contributed by atoms with van der Waals surface area (Å²) in [6.07, 6.45) is 4.59. The van der Waals surface area contributed by atoms with Crippen LogP contribution in [0.3, 0.4) is 0 Å². The molecule has 2 rings (SSSR count). The van der Waals surface area contributed by atoms with Crippen LogP contribution >= 0.6 is 0 Å². The molecule has 0 aromatic rings. The predicted molar refractivity (Wildman–Crippen MR) is 68.9 cm³/mol. The lowest BCUT2D eigenvalue weighted by molar-refractivity contribution is -0.131. The van der Waals surface area contributed by atoms with Crippen molar-refractivity contribution in [3.8, 4) is 0 Å². The van der Waals surface area contributed by atoms with E-state index in [1.807, 2.05) is 11.9 Å². The van der Waals surface area contributed by atoms with Crippen molar-refractivity contribution in [1.29, 1.82) is 0 Å². The molecular formula is C13H25N3O. The maximum Gasteiger partial charge on any atom is 0.239 e. The lowest BCUT2D eigenvalue weighted by atomic mass is 10.0. The van der Waals surface area contributed by atoms with Gasteiger partial charge < -0.3 is 15.1 Å². The number of nitrogens with one attached hydrogen (secondary N) is 1. The van der Waals surface area contributed by atoms with Gasteiger partial charge in [-0.3, -0.25) is 4.79 Å². The maximum atomic E-state index is 12.1. The highest BCUT2D eigenvalue weighted by atomic mass is 16.2. The van der Waals surface area contributed by atoms with Crippen molar-refractivity contribution in [2.45, 2.75) is 31.7 Å². The summed E-state index contributed by atoms with van der Waals surface area (Å²) in [5, 5.41) is 3.27. The summed E-state index contributed by atoms with van der Waals surface area (Å²) in [7, 11) is 4.12. The van der Waals surface area contributed by atoms with Gasteiger partial charge in [-0.05, 0) is 51.7 Å². The second-order valence-electron chi connectivity index (χ2n) is 5.61. The summed E-state index contributed by atoms with van der Waals surface area (Å²) >= 11 is 0. The second kappa shape index (κ2) is 5.83. The fourth-order valence-electron chi connectivity index (χ4n) is 2.91. The summed E-state index contributed by atoms with van der Waals surface area (Å²) in [6.45, 7) is 4.32. The summed E-state index contributed by atoms with van der Waals surface area (Å²) in [4.78, 5) is 16.4. The Hall–Kier alpha value is -0.610. The minimum absolute atomic E-state index is 0.0891. The highest BCUT2D eigenvalue weighted by molar-refractivity contribution is 5.81. The van der Waals surface area contributed by atoms with Crippen LogP contribution in [0.15, 0.2) is 0 Å². The van der Waals surface area contributed by atoms with E-state index < -0.39 is 0 Å². The van der Waals surface area contributed by atoms with E-state index in [1.54, 1.807) is 0 Å². The van der Waals surface area contributed by atoms with Crippen molar-refractivity contribution in [3.05, 3.63) is 0 Å². The van der Waals surface area contributed by atoms with Crippen LogP contribution in [0.5, 0.6) is 0 Å². The third kappa shape index (κ3) is 3.42. The number of likely N-dealkylation sites (tertiary alicyclic amines) is 1. The van der Waals surface area contributed by atoms with Gasteiger partial charge in [0.2, 0.25) is 5.91 Å². The molecule has 2 fully saturated rings. The van der Waals surface area contributed by atoms with Gasteiger partial charge in [0, 0.05) is 20.1 Å². The maximum absolute atomic E-state index is 12.1. The highest BCUT2D eigenvalue weighted by Crippen LogP contribution is 2.18. The molecule has 0 radical (unpaired) electrons. The third-order valence-corrected chi connectivity index (χ3v) is 4.10. The molecule has 2 atom stereocenters. The number of carbonyl (C=O) groups excluding carboxylic acids is 1. The molecule has 0 aromatic heterocycles. The zero-order valence-electron chi connectivity index (χ0n) is 11.1. The topological polar surface area (TPSA) is 35.6 Å². The molecular weight excluding hydrogens is 214 g/mol. The molecule has 0 saturated carbocycles. The summed E-state index contributed by atoms with van der Waals surface area (Å²) in [6, 6.07) is 0.0891. The standard InChI is InChI=1S/C13H25N3O/c1-15-8-5-11(10-15)6-9-16(2)13(17)12-4-3-7-14-12/h11-12,14H,3-10H2,1-2H3. The minimum Gasteiger partial charge on any atom is -0.344 e. The first-order valence-electron chi connectivity index (χ1n) is 6.83. The van der Waals surface area contributed by atoms with E-state index in [0.29, 0.717) is 0 Å². The molecule has 2 heterocycles. The number of likely N-dealkylation sites (N-methyl/N-ethyl adjacent to an activating group) is 1. The smallest absolute Gasteiger partial charge is 0.239 e. The van der Waals surface area contributed by atoms with Gasteiger partial charge in [0.15, 0.2) is 0 Å². The van der Waals surface area contributed by atoms with E-state index in [-0.39, 0.29) is 11.9 Å². The van der Waals surface area contributed by atoms with Crippen LogP contribution in [-0.4, -0.2) is 62.0 Å². The Bertz CT molecular complexity index is 263. The average Bonchev–Trinajstić information content (AvgIpc) is 2.95. The molecule has 1 N–H and O–H groups in total. The lowest BCUT2D eigenvalue weighted by Crippen LogP contribution is -2.42. The van der Waals surface area contributed by atoms with Gasteiger partial charge in [0.25, 0.3) is 0 Å². The number of carbonyl (C=O) groups is 1. The molecule has 0 spiro atoms. The van der Waals surface area contributed by atoms with E-state index in [2.05, 4.69) is 17.3 Å². The Labute approximate surface area is 104 Å². The molecule has 0 bridgehead atoms. The van der Waals surface area contributed by atoms with Crippen LogP contribution in [0.2, 0.25) is 0 Å². The van der Waals surface area contributed by atoms with Crippen LogP contribution in [-0.2, 0) is 4.79 Å². The molecule has 2 aliphatic heterocycles. The fraction of sp³-hybridized carbons (Fsp3) is 0.923. The second-order valence-corrected chi connectivity index (χ2v) is 5.61. The van der Waals surface area contributed by atoms with E-state index in [9.17, 15) is 4.79 Å². The number of hydrogen-bond donors (Lipinski definition) is 1. The van der Waals surface area contributed by atoms with Crippen LogP contribution in [0, 0.1) is 5.92 Å². The average molecular weight is 239 g/mol. The molecule has 0 aromatic carbocycles. The molecule has 0 aliphatic carbocycles. The molecule has 2 saturated heterocycles. The normalized spacial score (nSPS) is 29.8. The molecule has 2 unspecified atom stereocenters. The van der Waals surface area contributed by atoms with Crippen molar-refractivity contribution in [2.24, 2.45) is 5.92 Å². The van der Waals surface area contributed by atoms with Crippen molar-refractivity contribution < 1.29 is 4.79 Å². The molecule has 98 valence electrons. The van der Waals surface area contributed by atoms with E-state index in [1.165, 1.54) is 19.5 Å². The number of hydrogen-bond acceptors (Lipinski definition) is 3. The first-order valence-corrected chi connectivity index (χ1v) is 6.83. The quantitative estimate of drug-likeness (QED) is 0.778. The molecule has 2 aliphatic rings. The van der Waals surface area contributed by atoms with Crippen molar-refractivity contribution >= 4 is 5.91 Å². The zero-order chi connectivity index (χ0) is 12.3. The SMILES string of the molecule is CN1CCC(CCN(C)C(=O)C2CCCN2)C1. The Balaban J connectivity index is 1.69. The van der Waals surface area contributed by atoms with Crippen molar-refractivity contribution in [3.63, 3.8) is 0 Å². The van der Waals surface area contributed by atoms with Gasteiger partial charge in [-0.25, -0.2) is 0 Å². The lowest BCUT2D eigenvalue weighted by Gasteiger charge is -2.22. The monoisotopic (exact) mass is 239 g/mol. The van der Waals surface area contributed by atoms with Crippen LogP contribution in [0.25, 0.3) is 0 Å². The molecule has 4 nitrogen and oxygen atoms in total. The van der Waals surface area contributed by atoms with E-state index >= 15 is 0 Å². The number of amides is 1. The Morgan fingerprint density at radius 3 is 2.88 bits per heavy atom. The fourth-order valence-corrected chi connectivity index (χ4v) is 2.91. The Morgan fingerprint density at radius 1 is 1.47 bits per heavy atom. The third-order valence-electron chi connectivity index (χ3n) is 4.10. The zero-order valence-corrected chi connectivity index (χ0v) is 11.1. The predicted octanol–water partition coefficient (Wildman–Crippen LogP) is 0.539. The molecule has 1 amide bonds. The van der Waals surface area contributed by atoms with Gasteiger partial charge in [0.1, 0.15) is 0 Å². The number of nitrogens with zero attached hydrogens (tertiary/aromatic N) is 2. The highest BCUT2D eigenvalue weighted by Gasteiger charge is 2.26. The van der Waals surface area contributed by atoms with Gasteiger partial charge in [-0.1, -0.05) is 0 Å². The Morgan fingerprint density at radius 2 is 2.29 bits per heavy atom. The summed E-state index contributed by atoms with van der Waals surface area (Å²) in [5.74, 6) is 1.07. The van der Waals surface area contributed by atoms with E-state index in [4.69, 9.17) is 0 Å². The van der Waals surface area contributed by atoms with Crippen LogP contribution < -0.4 is 5.32 Å². The van der Waals surface area contributed by atoms with E-state index in [0.717, 1.165) is 38.3 Å². The largest absolute Gasteiger partial charge is 0.344 e. The van der Waals surface area contributed by atoms with Crippen LogP contribution in [0.4, 0.5) is 0 Å². The van der Waals surface area contributed by atoms with Crippen LogP contribution in [0.1, 0.15) is 25.7 Å². The first kappa shape index (κ1) is 12.8. The van der Waals surface area contributed by atoms with Gasteiger partial charge in [0.05, 0.1) is 6.04 Å². The summed E-state index contributed by atoms with van der Waals surface area (Å²) in [5.41, 5.74) is 0. The molecule has 17 heavy (non-hydrogen) atoms. The van der Waals surface area contributed by atoms with Gasteiger partial charge >= 0.3 is 0 Å². The minimum atomic E-state index is 0.0891. The van der Waals surface area contributed by atoms with Gasteiger partial charge in [-0.15, -0.1) is 0 Å².